The van der Waals surface area contributed by atoms with Gasteiger partial charge in [0.05, 0.1) is 13.0 Å². The minimum Gasteiger partial charge on any atom is -0.480 e. The minimum atomic E-state index is -1.36. The maximum Gasteiger partial charge on any atom is 0.326 e. The molecule has 0 spiro atoms. The van der Waals surface area contributed by atoms with Crippen LogP contribution < -0.4 is 16.8 Å². The first-order valence-corrected chi connectivity index (χ1v) is 5.04. The summed E-state index contributed by atoms with van der Waals surface area (Å²) in [6.07, 6.45) is -0.167. The van der Waals surface area contributed by atoms with Crippen LogP contribution in [0.2, 0.25) is 0 Å². The monoisotopic (exact) mass is 245 g/mol. The summed E-state index contributed by atoms with van der Waals surface area (Å²) in [5.74, 6) is -2.80. The van der Waals surface area contributed by atoms with Crippen LogP contribution >= 0.6 is 0 Å². The van der Waals surface area contributed by atoms with Gasteiger partial charge in [0, 0.05) is 6.61 Å². The van der Waals surface area contributed by atoms with Crippen molar-refractivity contribution >= 4 is 17.8 Å². The van der Waals surface area contributed by atoms with E-state index in [1.807, 2.05) is 0 Å². The lowest BCUT2D eigenvalue weighted by atomic mass is 9.98. The number of primary amides is 1. The van der Waals surface area contributed by atoms with E-state index < -0.39 is 35.8 Å². The molecule has 2 amide bonds. The highest BCUT2D eigenvalue weighted by molar-refractivity contribution is 5.92. The predicted molar refractivity (Wildman–Crippen MR) is 55.7 cm³/mol. The smallest absolute Gasteiger partial charge is 0.326 e. The molecule has 1 aliphatic rings. The number of carbonyl (C=O) groups is 3. The molecule has 1 fully saturated rings. The third-order valence-corrected chi connectivity index (χ3v) is 2.51. The average molecular weight is 245 g/mol. The second-order valence-corrected chi connectivity index (χ2v) is 3.99. The Morgan fingerprint density at radius 2 is 2.12 bits per heavy atom. The van der Waals surface area contributed by atoms with Crippen molar-refractivity contribution in [2.45, 2.75) is 24.4 Å². The molecule has 96 valence electrons. The number of hydrogen-bond donors (Lipinski definition) is 4. The number of aliphatic carboxylic acids is 1. The lowest BCUT2D eigenvalue weighted by molar-refractivity contribution is -0.144. The molecule has 1 heterocycles. The normalized spacial score (nSPS) is 25.2. The standard InChI is InChI=1S/C9H15N3O5/c10-6(13)3-5(7(14)15)12-8(16)9(11)1-2-17-4-9/h5H,1-4,11H2,(H2,10,13)(H,12,16)(H,14,15)/t5-,9?/m1/s1. The fourth-order valence-electron chi connectivity index (χ4n) is 1.46. The van der Waals surface area contributed by atoms with Crippen molar-refractivity contribution in [2.24, 2.45) is 11.5 Å². The lowest BCUT2D eigenvalue weighted by Crippen LogP contribution is -2.58. The number of amides is 2. The first-order chi connectivity index (χ1) is 7.85. The summed E-state index contributed by atoms with van der Waals surface area (Å²) >= 11 is 0. The topological polar surface area (TPSA) is 145 Å². The zero-order chi connectivity index (χ0) is 13.1. The minimum absolute atomic E-state index is 0.0295. The van der Waals surface area contributed by atoms with Gasteiger partial charge in [0.1, 0.15) is 11.6 Å². The van der Waals surface area contributed by atoms with E-state index in [0.29, 0.717) is 13.0 Å². The average Bonchev–Trinajstić information content (AvgIpc) is 2.64. The maximum absolute atomic E-state index is 11.7. The van der Waals surface area contributed by atoms with Crippen LogP contribution in [0.3, 0.4) is 0 Å². The molecule has 8 heteroatoms. The van der Waals surface area contributed by atoms with Crippen LogP contribution in [0, 0.1) is 0 Å². The molecule has 0 radical (unpaired) electrons. The zero-order valence-corrected chi connectivity index (χ0v) is 9.14. The summed E-state index contributed by atoms with van der Waals surface area (Å²) in [5.41, 5.74) is 9.39. The molecule has 0 aromatic rings. The second kappa shape index (κ2) is 5.11. The van der Waals surface area contributed by atoms with Crippen LogP contribution in [0.5, 0.6) is 0 Å². The third kappa shape index (κ3) is 3.40. The molecule has 0 aromatic carbocycles. The van der Waals surface area contributed by atoms with Crippen LogP contribution in [-0.4, -0.2) is 47.7 Å². The first-order valence-electron chi connectivity index (χ1n) is 5.04. The van der Waals surface area contributed by atoms with E-state index in [-0.39, 0.29) is 6.61 Å². The maximum atomic E-state index is 11.7. The predicted octanol–water partition coefficient (Wildman–Crippen LogP) is -2.45. The molecule has 0 aliphatic carbocycles. The molecule has 17 heavy (non-hydrogen) atoms. The number of carbonyl (C=O) groups excluding carboxylic acids is 2. The van der Waals surface area contributed by atoms with Gasteiger partial charge in [-0.2, -0.15) is 0 Å². The van der Waals surface area contributed by atoms with Gasteiger partial charge in [-0.25, -0.2) is 4.79 Å². The Hall–Kier alpha value is -1.67. The number of carboxylic acids is 1. The van der Waals surface area contributed by atoms with Crippen molar-refractivity contribution in [3.63, 3.8) is 0 Å². The number of carboxylic acid groups (broad SMARTS) is 1. The molecule has 1 rings (SSSR count). The van der Waals surface area contributed by atoms with Crippen molar-refractivity contribution in [1.82, 2.24) is 5.32 Å². The number of rotatable bonds is 5. The first kappa shape index (κ1) is 13.4. The van der Waals surface area contributed by atoms with Gasteiger partial charge in [-0.05, 0) is 6.42 Å². The highest BCUT2D eigenvalue weighted by atomic mass is 16.5. The molecule has 1 unspecified atom stereocenters. The van der Waals surface area contributed by atoms with Crippen LogP contribution in [-0.2, 0) is 19.1 Å². The molecule has 6 N–H and O–H groups in total. The molecule has 1 saturated heterocycles. The SMILES string of the molecule is NC(=O)C[C@@H](NC(=O)C1(N)CCOC1)C(=O)O. The van der Waals surface area contributed by atoms with Gasteiger partial charge in [0.15, 0.2) is 0 Å². The molecule has 2 atom stereocenters. The van der Waals surface area contributed by atoms with E-state index in [0.717, 1.165) is 0 Å². The van der Waals surface area contributed by atoms with Gasteiger partial charge in [-0.15, -0.1) is 0 Å². The van der Waals surface area contributed by atoms with Crippen molar-refractivity contribution < 1.29 is 24.2 Å². The summed E-state index contributed by atoms with van der Waals surface area (Å²) < 4.78 is 4.98. The number of nitrogens with two attached hydrogens (primary N) is 2. The lowest BCUT2D eigenvalue weighted by Gasteiger charge is -2.23. The highest BCUT2D eigenvalue weighted by Gasteiger charge is 2.40. The van der Waals surface area contributed by atoms with E-state index in [4.69, 9.17) is 21.3 Å². The molecule has 8 nitrogen and oxygen atoms in total. The summed E-state index contributed by atoms with van der Waals surface area (Å²) in [6.45, 7) is 0.374. The van der Waals surface area contributed by atoms with Crippen LogP contribution in [0.25, 0.3) is 0 Å². The van der Waals surface area contributed by atoms with Crippen LogP contribution in [0.15, 0.2) is 0 Å². The Labute approximate surface area is 97.3 Å². The number of hydrogen-bond acceptors (Lipinski definition) is 5. The summed E-state index contributed by atoms with van der Waals surface area (Å²) in [7, 11) is 0. The fraction of sp³-hybridized carbons (Fsp3) is 0.667. The summed E-state index contributed by atoms with van der Waals surface area (Å²) in [5, 5.41) is 11.0. The highest BCUT2D eigenvalue weighted by Crippen LogP contribution is 2.15. The number of ether oxygens (including phenoxy) is 1. The van der Waals surface area contributed by atoms with Gasteiger partial charge >= 0.3 is 5.97 Å². The van der Waals surface area contributed by atoms with Crippen LogP contribution in [0.4, 0.5) is 0 Å². The molecule has 0 bridgehead atoms. The second-order valence-electron chi connectivity index (χ2n) is 3.99. The van der Waals surface area contributed by atoms with E-state index in [1.165, 1.54) is 0 Å². The third-order valence-electron chi connectivity index (χ3n) is 2.51. The van der Waals surface area contributed by atoms with Crippen molar-refractivity contribution in [3.8, 4) is 0 Å². The Bertz CT molecular complexity index is 338. The van der Waals surface area contributed by atoms with E-state index in [9.17, 15) is 14.4 Å². The largest absolute Gasteiger partial charge is 0.480 e. The van der Waals surface area contributed by atoms with Gasteiger partial charge < -0.3 is 26.6 Å². The molecular weight excluding hydrogens is 230 g/mol. The van der Waals surface area contributed by atoms with Crippen molar-refractivity contribution in [3.05, 3.63) is 0 Å². The van der Waals surface area contributed by atoms with Crippen LogP contribution in [0.1, 0.15) is 12.8 Å². The van der Waals surface area contributed by atoms with E-state index in [2.05, 4.69) is 5.32 Å². The Kier molecular flexibility index (Phi) is 4.02. The molecule has 0 aromatic heterocycles. The molecule has 0 saturated carbocycles. The van der Waals surface area contributed by atoms with E-state index in [1.54, 1.807) is 0 Å². The van der Waals surface area contributed by atoms with Gasteiger partial charge in [0.2, 0.25) is 11.8 Å². The Morgan fingerprint density at radius 3 is 2.53 bits per heavy atom. The summed E-state index contributed by atoms with van der Waals surface area (Å²) in [6, 6.07) is -1.36. The molecular formula is C9H15N3O5. The van der Waals surface area contributed by atoms with Gasteiger partial charge in [-0.1, -0.05) is 0 Å². The zero-order valence-electron chi connectivity index (χ0n) is 9.14. The summed E-state index contributed by atoms with van der Waals surface area (Å²) in [4.78, 5) is 33.2. The van der Waals surface area contributed by atoms with Crippen molar-refractivity contribution in [2.75, 3.05) is 13.2 Å². The fourth-order valence-corrected chi connectivity index (χ4v) is 1.46. The van der Waals surface area contributed by atoms with Crippen molar-refractivity contribution in [1.29, 1.82) is 0 Å². The molecule has 1 aliphatic heterocycles. The van der Waals surface area contributed by atoms with Gasteiger partial charge in [0.25, 0.3) is 0 Å². The van der Waals surface area contributed by atoms with Gasteiger partial charge in [-0.3, -0.25) is 9.59 Å². The quantitative estimate of drug-likeness (QED) is 0.423. The number of nitrogens with one attached hydrogen (secondary N) is 1. The Balaban J connectivity index is 2.63. The Morgan fingerprint density at radius 1 is 1.47 bits per heavy atom. The van der Waals surface area contributed by atoms with E-state index >= 15 is 0 Å².